The lowest BCUT2D eigenvalue weighted by atomic mass is 9.75. The second-order valence-electron chi connectivity index (χ2n) is 4.94. The summed E-state index contributed by atoms with van der Waals surface area (Å²) in [6.45, 7) is 9.68. The first-order valence-electron chi connectivity index (χ1n) is 4.68. The van der Waals surface area contributed by atoms with Gasteiger partial charge in [0.15, 0.2) is 0 Å². The smallest absolute Gasteiger partial charge is 0.00189 e. The molecule has 0 spiro atoms. The van der Waals surface area contributed by atoms with Crippen LogP contribution in [0.5, 0.6) is 0 Å². The molecule has 0 radical (unpaired) electrons. The molecule has 0 aliphatic carbocycles. The Morgan fingerprint density at radius 3 is 1.83 bits per heavy atom. The fourth-order valence-corrected chi connectivity index (χ4v) is 1.87. The number of piperidine rings is 1. The van der Waals surface area contributed by atoms with Gasteiger partial charge in [0.1, 0.15) is 0 Å². The van der Waals surface area contributed by atoms with Crippen molar-refractivity contribution in [3.8, 4) is 0 Å². The molecule has 1 nitrogen and oxygen atoms in total. The highest BCUT2D eigenvalue weighted by molar-refractivity contribution is 4.79. The van der Waals surface area contributed by atoms with Gasteiger partial charge in [0.2, 0.25) is 0 Å². The van der Waals surface area contributed by atoms with Crippen LogP contribution in [0, 0.1) is 11.3 Å². The summed E-state index contributed by atoms with van der Waals surface area (Å²) < 4.78 is 0. The Kier molecular flexibility index (Phi) is 4.25. The third-order valence-electron chi connectivity index (χ3n) is 2.94. The van der Waals surface area contributed by atoms with E-state index in [9.17, 15) is 0 Å². The summed E-state index contributed by atoms with van der Waals surface area (Å²) in [5.41, 5.74) is 0.529. The molecule has 1 heteroatoms. The number of rotatable bonds is 0. The van der Waals surface area contributed by atoms with Crippen LogP contribution in [-0.4, -0.2) is 25.0 Å². The van der Waals surface area contributed by atoms with Gasteiger partial charge in [0, 0.05) is 0 Å². The van der Waals surface area contributed by atoms with E-state index in [0.29, 0.717) is 5.41 Å². The van der Waals surface area contributed by atoms with Crippen molar-refractivity contribution in [3.63, 3.8) is 0 Å². The van der Waals surface area contributed by atoms with Crippen LogP contribution in [0.1, 0.15) is 41.0 Å². The molecule has 0 aromatic rings. The Labute approximate surface area is 78.1 Å². The molecule has 0 amide bonds. The Morgan fingerprint density at radius 1 is 1.08 bits per heavy atom. The van der Waals surface area contributed by atoms with Gasteiger partial charge in [-0.1, -0.05) is 28.2 Å². The first kappa shape index (κ1) is 12.0. The maximum atomic E-state index is 2.43. The lowest BCUT2D eigenvalue weighted by Crippen LogP contribution is -2.35. The van der Waals surface area contributed by atoms with Gasteiger partial charge in [-0.2, -0.15) is 0 Å². The lowest BCUT2D eigenvalue weighted by Gasteiger charge is -2.37. The monoisotopic (exact) mass is 171 g/mol. The minimum Gasteiger partial charge on any atom is -0.306 e. The summed E-state index contributed by atoms with van der Waals surface area (Å²) in [6.07, 6.45) is 2.78. The normalized spacial score (nSPS) is 22.0. The van der Waals surface area contributed by atoms with E-state index in [1.807, 2.05) is 0 Å². The Morgan fingerprint density at radius 2 is 1.50 bits per heavy atom. The molecule has 1 aliphatic rings. The van der Waals surface area contributed by atoms with Gasteiger partial charge in [-0.25, -0.2) is 0 Å². The highest BCUT2D eigenvalue weighted by Gasteiger charge is 2.27. The SMILES string of the molecule is C.CN1CCC(C(C)(C)C)CC1. The Balaban J connectivity index is 0.00000121. The molecule has 1 fully saturated rings. The van der Waals surface area contributed by atoms with Crippen molar-refractivity contribution >= 4 is 0 Å². The summed E-state index contributed by atoms with van der Waals surface area (Å²) in [5.74, 6) is 0.943. The van der Waals surface area contributed by atoms with Crippen LogP contribution in [-0.2, 0) is 0 Å². The predicted octanol–water partition coefficient (Wildman–Crippen LogP) is 3.01. The van der Waals surface area contributed by atoms with Crippen molar-refractivity contribution in [2.24, 2.45) is 11.3 Å². The zero-order chi connectivity index (χ0) is 8.48. The Bertz CT molecular complexity index is 115. The fraction of sp³-hybridized carbons (Fsp3) is 1.00. The molecule has 0 atom stereocenters. The first-order chi connectivity index (χ1) is 5.00. The summed E-state index contributed by atoms with van der Waals surface area (Å²) in [6, 6.07) is 0. The van der Waals surface area contributed by atoms with Crippen LogP contribution in [0.4, 0.5) is 0 Å². The topological polar surface area (TPSA) is 3.24 Å². The van der Waals surface area contributed by atoms with Gasteiger partial charge in [0.25, 0.3) is 0 Å². The van der Waals surface area contributed by atoms with Crippen LogP contribution in [0.25, 0.3) is 0 Å². The maximum Gasteiger partial charge on any atom is -0.00189 e. The summed E-state index contributed by atoms with van der Waals surface area (Å²) in [5, 5.41) is 0. The minimum atomic E-state index is 0. The molecule has 0 aromatic heterocycles. The van der Waals surface area contributed by atoms with Gasteiger partial charge in [-0.3, -0.25) is 0 Å². The van der Waals surface area contributed by atoms with E-state index >= 15 is 0 Å². The van der Waals surface area contributed by atoms with Gasteiger partial charge in [-0.05, 0) is 44.3 Å². The maximum absolute atomic E-state index is 2.43. The zero-order valence-electron chi connectivity index (χ0n) is 8.35. The number of hydrogen-bond acceptors (Lipinski definition) is 1. The van der Waals surface area contributed by atoms with Gasteiger partial charge in [0.05, 0.1) is 0 Å². The van der Waals surface area contributed by atoms with Crippen molar-refractivity contribution in [1.29, 1.82) is 0 Å². The average Bonchev–Trinajstić information content (AvgIpc) is 1.86. The average molecular weight is 171 g/mol. The minimum absolute atomic E-state index is 0. The van der Waals surface area contributed by atoms with Crippen LogP contribution in [0.15, 0.2) is 0 Å². The summed E-state index contributed by atoms with van der Waals surface area (Å²) in [7, 11) is 2.22. The highest BCUT2D eigenvalue weighted by Crippen LogP contribution is 2.33. The molecule has 0 aromatic carbocycles. The van der Waals surface area contributed by atoms with Crippen molar-refractivity contribution in [3.05, 3.63) is 0 Å². The quantitative estimate of drug-likeness (QED) is 0.541. The molecule has 74 valence electrons. The van der Waals surface area contributed by atoms with Gasteiger partial charge < -0.3 is 4.90 Å². The van der Waals surface area contributed by atoms with Gasteiger partial charge >= 0.3 is 0 Å². The van der Waals surface area contributed by atoms with Crippen molar-refractivity contribution < 1.29 is 0 Å². The fourth-order valence-electron chi connectivity index (χ4n) is 1.87. The van der Waals surface area contributed by atoms with Crippen LogP contribution in [0.2, 0.25) is 0 Å². The van der Waals surface area contributed by atoms with Crippen molar-refractivity contribution in [2.45, 2.75) is 41.0 Å². The molecule has 12 heavy (non-hydrogen) atoms. The number of likely N-dealkylation sites (tertiary alicyclic amines) is 1. The molecule has 0 bridgehead atoms. The lowest BCUT2D eigenvalue weighted by molar-refractivity contribution is 0.129. The Hall–Kier alpha value is -0.0400. The third kappa shape index (κ3) is 3.14. The molecule has 0 unspecified atom stereocenters. The molecule has 1 rings (SSSR count). The standard InChI is InChI=1S/C10H21N.CH4/c1-10(2,3)9-5-7-11(4)8-6-9;/h9H,5-8H2,1-4H3;1H4. The second kappa shape index (κ2) is 4.27. The predicted molar refractivity (Wildman–Crippen MR) is 56.4 cm³/mol. The van der Waals surface area contributed by atoms with Crippen LogP contribution in [0.3, 0.4) is 0 Å². The molecule has 0 N–H and O–H groups in total. The van der Waals surface area contributed by atoms with E-state index in [4.69, 9.17) is 0 Å². The molecule has 0 saturated carbocycles. The molecular weight excluding hydrogens is 146 g/mol. The largest absolute Gasteiger partial charge is 0.306 e. The van der Waals surface area contributed by atoms with E-state index < -0.39 is 0 Å². The number of nitrogens with zero attached hydrogens (tertiary/aromatic N) is 1. The summed E-state index contributed by atoms with van der Waals surface area (Å²) >= 11 is 0. The third-order valence-corrected chi connectivity index (χ3v) is 2.94. The number of hydrogen-bond donors (Lipinski definition) is 0. The van der Waals surface area contributed by atoms with E-state index in [0.717, 1.165) is 5.92 Å². The van der Waals surface area contributed by atoms with Crippen LogP contribution < -0.4 is 0 Å². The van der Waals surface area contributed by atoms with E-state index in [-0.39, 0.29) is 7.43 Å². The van der Waals surface area contributed by atoms with Crippen molar-refractivity contribution in [2.75, 3.05) is 20.1 Å². The molecular formula is C11H25N. The van der Waals surface area contributed by atoms with Crippen LogP contribution >= 0.6 is 0 Å². The second-order valence-corrected chi connectivity index (χ2v) is 4.94. The molecule has 1 saturated heterocycles. The molecule has 1 heterocycles. The van der Waals surface area contributed by atoms with Crippen molar-refractivity contribution in [1.82, 2.24) is 4.90 Å². The van der Waals surface area contributed by atoms with Gasteiger partial charge in [-0.15, -0.1) is 0 Å². The zero-order valence-corrected chi connectivity index (χ0v) is 8.35. The first-order valence-corrected chi connectivity index (χ1v) is 4.68. The van der Waals surface area contributed by atoms with E-state index in [2.05, 4.69) is 32.7 Å². The van der Waals surface area contributed by atoms with E-state index in [1.165, 1.54) is 25.9 Å². The van der Waals surface area contributed by atoms with E-state index in [1.54, 1.807) is 0 Å². The highest BCUT2D eigenvalue weighted by atomic mass is 15.1. The molecule has 1 aliphatic heterocycles. The summed E-state index contributed by atoms with van der Waals surface area (Å²) in [4.78, 5) is 2.43.